The Balaban J connectivity index is 1.81. The van der Waals surface area contributed by atoms with Gasteiger partial charge in [-0.05, 0) is 50.2 Å². The quantitative estimate of drug-likeness (QED) is 0.703. The van der Waals surface area contributed by atoms with Crippen LogP contribution < -0.4 is 14.8 Å². The fourth-order valence-electron chi connectivity index (χ4n) is 2.99. The molecule has 0 spiro atoms. The minimum Gasteiger partial charge on any atom is -0.497 e. The summed E-state index contributed by atoms with van der Waals surface area (Å²) in [5.74, 6) is 0.525. The highest BCUT2D eigenvalue weighted by Crippen LogP contribution is 2.24. The van der Waals surface area contributed by atoms with Crippen LogP contribution in [0.25, 0.3) is 5.69 Å². The van der Waals surface area contributed by atoms with Gasteiger partial charge in [-0.2, -0.15) is 5.10 Å². The van der Waals surface area contributed by atoms with Gasteiger partial charge in [-0.15, -0.1) is 0 Å². The van der Waals surface area contributed by atoms with Crippen LogP contribution in [-0.4, -0.2) is 29.9 Å². The van der Waals surface area contributed by atoms with E-state index < -0.39 is 0 Å². The molecule has 28 heavy (non-hydrogen) atoms. The molecule has 1 atom stereocenters. The molecular formula is C21H22FN3O3. The normalized spacial score (nSPS) is 11.8. The van der Waals surface area contributed by atoms with Gasteiger partial charge in [0, 0.05) is 22.9 Å². The minimum absolute atomic E-state index is 0.251. The molecule has 0 radical (unpaired) electrons. The van der Waals surface area contributed by atoms with Gasteiger partial charge in [0.25, 0.3) is 5.91 Å². The number of nitrogens with zero attached hydrogens (tertiary/aromatic N) is 2. The summed E-state index contributed by atoms with van der Waals surface area (Å²) >= 11 is 0. The molecule has 7 heteroatoms. The van der Waals surface area contributed by atoms with Crippen molar-refractivity contribution in [2.24, 2.45) is 0 Å². The van der Waals surface area contributed by atoms with Crippen molar-refractivity contribution in [2.45, 2.75) is 19.9 Å². The van der Waals surface area contributed by atoms with Gasteiger partial charge in [-0.25, -0.2) is 9.07 Å². The van der Waals surface area contributed by atoms with Crippen molar-refractivity contribution in [1.82, 2.24) is 15.1 Å². The highest BCUT2D eigenvalue weighted by atomic mass is 19.1. The third-order valence-electron chi connectivity index (χ3n) is 4.55. The van der Waals surface area contributed by atoms with E-state index in [4.69, 9.17) is 9.47 Å². The molecular weight excluding hydrogens is 361 g/mol. The molecule has 3 aromatic rings. The topological polar surface area (TPSA) is 65.4 Å². The molecule has 0 aliphatic rings. The number of rotatable bonds is 6. The molecule has 1 heterocycles. The van der Waals surface area contributed by atoms with E-state index in [2.05, 4.69) is 10.4 Å². The summed E-state index contributed by atoms with van der Waals surface area (Å²) < 4.78 is 25.3. The van der Waals surface area contributed by atoms with E-state index in [9.17, 15) is 9.18 Å². The average Bonchev–Trinajstić information content (AvgIpc) is 3.09. The first kappa shape index (κ1) is 19.4. The van der Waals surface area contributed by atoms with Crippen LogP contribution in [0.3, 0.4) is 0 Å². The van der Waals surface area contributed by atoms with E-state index in [-0.39, 0.29) is 17.8 Å². The lowest BCUT2D eigenvalue weighted by atomic mass is 10.1. The number of amides is 1. The number of methoxy groups -OCH3 is 2. The fourth-order valence-corrected chi connectivity index (χ4v) is 2.99. The SMILES string of the molecule is COc1cc(OC)cc(C(=O)NC(C)c2cnn(-c3ccc(F)cc3)c2C)c1. The van der Waals surface area contributed by atoms with Gasteiger partial charge in [-0.1, -0.05) is 0 Å². The molecule has 1 N–H and O–H groups in total. The number of benzene rings is 2. The van der Waals surface area contributed by atoms with E-state index in [1.807, 2.05) is 13.8 Å². The summed E-state index contributed by atoms with van der Waals surface area (Å²) in [4.78, 5) is 12.7. The zero-order valence-corrected chi connectivity index (χ0v) is 16.2. The molecule has 146 valence electrons. The van der Waals surface area contributed by atoms with Crippen molar-refractivity contribution in [3.05, 3.63) is 71.3 Å². The second-order valence-electron chi connectivity index (χ2n) is 6.37. The van der Waals surface area contributed by atoms with Crippen molar-refractivity contribution in [2.75, 3.05) is 14.2 Å². The Kier molecular flexibility index (Phi) is 5.63. The van der Waals surface area contributed by atoms with E-state index in [0.717, 1.165) is 16.9 Å². The first-order chi connectivity index (χ1) is 13.4. The molecule has 0 bridgehead atoms. The molecule has 1 amide bonds. The molecule has 0 aliphatic carbocycles. The zero-order chi connectivity index (χ0) is 20.3. The van der Waals surface area contributed by atoms with E-state index in [1.54, 1.807) is 41.2 Å². The number of halogens is 1. The van der Waals surface area contributed by atoms with Crippen LogP contribution in [0.5, 0.6) is 11.5 Å². The smallest absolute Gasteiger partial charge is 0.252 e. The average molecular weight is 383 g/mol. The summed E-state index contributed by atoms with van der Waals surface area (Å²) in [6.07, 6.45) is 1.70. The Bertz CT molecular complexity index is 961. The van der Waals surface area contributed by atoms with Crippen LogP contribution in [0, 0.1) is 12.7 Å². The van der Waals surface area contributed by atoms with Crippen LogP contribution in [0.15, 0.2) is 48.7 Å². The van der Waals surface area contributed by atoms with Crippen molar-refractivity contribution in [3.63, 3.8) is 0 Å². The maximum atomic E-state index is 13.2. The Morgan fingerprint density at radius 1 is 1.11 bits per heavy atom. The lowest BCUT2D eigenvalue weighted by Gasteiger charge is -2.15. The summed E-state index contributed by atoms with van der Waals surface area (Å²) in [6.45, 7) is 3.79. The largest absolute Gasteiger partial charge is 0.497 e. The Morgan fingerprint density at radius 2 is 1.71 bits per heavy atom. The molecule has 1 aromatic heterocycles. The molecule has 1 unspecified atom stereocenters. The van der Waals surface area contributed by atoms with Crippen molar-refractivity contribution in [3.8, 4) is 17.2 Å². The van der Waals surface area contributed by atoms with E-state index in [0.29, 0.717) is 17.1 Å². The van der Waals surface area contributed by atoms with Crippen LogP contribution in [0.2, 0.25) is 0 Å². The van der Waals surface area contributed by atoms with Gasteiger partial charge in [0.05, 0.1) is 32.1 Å². The first-order valence-corrected chi connectivity index (χ1v) is 8.77. The molecule has 0 saturated heterocycles. The molecule has 0 aliphatic heterocycles. The minimum atomic E-state index is -0.303. The zero-order valence-electron chi connectivity index (χ0n) is 16.2. The van der Waals surface area contributed by atoms with Crippen molar-refractivity contribution >= 4 is 5.91 Å². The number of ether oxygens (including phenoxy) is 2. The maximum Gasteiger partial charge on any atom is 0.252 e. The number of nitrogens with one attached hydrogen (secondary N) is 1. The summed E-state index contributed by atoms with van der Waals surface area (Å²) in [5, 5.41) is 7.34. The summed E-state index contributed by atoms with van der Waals surface area (Å²) in [6, 6.07) is 10.8. The van der Waals surface area contributed by atoms with Gasteiger partial charge in [-0.3, -0.25) is 4.79 Å². The first-order valence-electron chi connectivity index (χ1n) is 8.77. The maximum absolute atomic E-state index is 13.2. The van der Waals surface area contributed by atoms with Crippen molar-refractivity contribution < 1.29 is 18.7 Å². The number of carbonyl (C=O) groups is 1. The van der Waals surface area contributed by atoms with Crippen LogP contribution in [-0.2, 0) is 0 Å². The van der Waals surface area contributed by atoms with Gasteiger partial charge < -0.3 is 14.8 Å². The molecule has 0 saturated carbocycles. The highest BCUT2D eigenvalue weighted by Gasteiger charge is 2.18. The Hall–Kier alpha value is -3.35. The Labute approximate surface area is 162 Å². The second kappa shape index (κ2) is 8.12. The standard InChI is InChI=1S/C21H22FN3O3/c1-13(24-21(26)15-9-18(27-3)11-19(10-15)28-4)20-12-23-25(14(20)2)17-7-5-16(22)6-8-17/h5-13H,1-4H3,(H,24,26). The van der Waals surface area contributed by atoms with Gasteiger partial charge in [0.2, 0.25) is 0 Å². The second-order valence-corrected chi connectivity index (χ2v) is 6.37. The number of hydrogen-bond donors (Lipinski definition) is 1. The molecule has 0 fully saturated rings. The summed E-state index contributed by atoms with van der Waals surface area (Å²) in [7, 11) is 3.07. The predicted molar refractivity (Wildman–Crippen MR) is 104 cm³/mol. The third kappa shape index (κ3) is 3.98. The van der Waals surface area contributed by atoms with Crippen LogP contribution in [0.1, 0.15) is 34.6 Å². The van der Waals surface area contributed by atoms with Crippen LogP contribution in [0.4, 0.5) is 4.39 Å². The molecule has 2 aromatic carbocycles. The highest BCUT2D eigenvalue weighted by molar-refractivity contribution is 5.95. The lowest BCUT2D eigenvalue weighted by Crippen LogP contribution is -2.27. The number of hydrogen-bond acceptors (Lipinski definition) is 4. The van der Waals surface area contributed by atoms with Crippen LogP contribution >= 0.6 is 0 Å². The molecule has 6 nitrogen and oxygen atoms in total. The van der Waals surface area contributed by atoms with Gasteiger partial charge >= 0.3 is 0 Å². The predicted octanol–water partition coefficient (Wildman–Crippen LogP) is 3.83. The molecule has 3 rings (SSSR count). The van der Waals surface area contributed by atoms with E-state index >= 15 is 0 Å². The van der Waals surface area contributed by atoms with Gasteiger partial charge in [0.15, 0.2) is 0 Å². The number of carbonyl (C=O) groups excluding carboxylic acids is 1. The van der Waals surface area contributed by atoms with E-state index in [1.165, 1.54) is 26.4 Å². The fraction of sp³-hybridized carbons (Fsp3) is 0.238. The Morgan fingerprint density at radius 3 is 2.29 bits per heavy atom. The number of aromatic nitrogens is 2. The van der Waals surface area contributed by atoms with Gasteiger partial charge in [0.1, 0.15) is 17.3 Å². The summed E-state index contributed by atoms with van der Waals surface area (Å²) in [5.41, 5.74) is 2.92. The lowest BCUT2D eigenvalue weighted by molar-refractivity contribution is 0.0939. The third-order valence-corrected chi connectivity index (χ3v) is 4.55. The monoisotopic (exact) mass is 383 g/mol. The van der Waals surface area contributed by atoms with Crippen molar-refractivity contribution in [1.29, 1.82) is 0 Å².